The third-order valence-electron chi connectivity index (χ3n) is 5.76. The van der Waals surface area contributed by atoms with Crippen LogP contribution in [-0.4, -0.2) is 28.8 Å². The fraction of sp³-hybridized carbons (Fsp3) is 0.292. The van der Waals surface area contributed by atoms with Gasteiger partial charge in [-0.3, -0.25) is 9.59 Å². The highest BCUT2D eigenvalue weighted by molar-refractivity contribution is 5.79. The molecule has 3 aromatic rings. The number of hydrogen-bond donors (Lipinski definition) is 1. The van der Waals surface area contributed by atoms with Crippen LogP contribution in [0.5, 0.6) is 0 Å². The molecule has 0 spiro atoms. The smallest absolute Gasteiger partial charge is 0.271 e. The number of aromatic nitrogens is 2. The molecule has 0 atom stereocenters. The molecular formula is C24H25FN4O2. The van der Waals surface area contributed by atoms with Gasteiger partial charge in [0.2, 0.25) is 5.91 Å². The van der Waals surface area contributed by atoms with Gasteiger partial charge < -0.3 is 10.2 Å². The Morgan fingerprint density at radius 3 is 2.48 bits per heavy atom. The van der Waals surface area contributed by atoms with E-state index in [1.807, 2.05) is 31.2 Å². The van der Waals surface area contributed by atoms with Crippen LogP contribution in [0.4, 0.5) is 10.2 Å². The van der Waals surface area contributed by atoms with Crippen molar-refractivity contribution < 1.29 is 9.18 Å². The van der Waals surface area contributed by atoms with Crippen molar-refractivity contribution in [1.82, 2.24) is 15.1 Å². The highest BCUT2D eigenvalue weighted by Crippen LogP contribution is 2.22. The number of rotatable bonds is 5. The van der Waals surface area contributed by atoms with Gasteiger partial charge in [-0.1, -0.05) is 24.3 Å². The van der Waals surface area contributed by atoms with E-state index in [2.05, 4.69) is 15.3 Å². The Morgan fingerprint density at radius 1 is 1.06 bits per heavy atom. The topological polar surface area (TPSA) is 67.2 Å². The third kappa shape index (κ3) is 4.82. The van der Waals surface area contributed by atoms with Crippen LogP contribution in [0.25, 0.3) is 5.69 Å². The number of aryl methyl sites for hydroxylation is 1. The van der Waals surface area contributed by atoms with Crippen molar-refractivity contribution >= 4 is 11.7 Å². The zero-order valence-electron chi connectivity index (χ0n) is 17.4. The monoisotopic (exact) mass is 420 g/mol. The molecule has 31 heavy (non-hydrogen) atoms. The fourth-order valence-corrected chi connectivity index (χ4v) is 3.84. The molecule has 1 aliphatic rings. The van der Waals surface area contributed by atoms with E-state index in [1.54, 1.807) is 6.07 Å². The summed E-state index contributed by atoms with van der Waals surface area (Å²) in [6, 6.07) is 16.9. The first-order chi connectivity index (χ1) is 15.0. The summed E-state index contributed by atoms with van der Waals surface area (Å²) in [7, 11) is 0. The van der Waals surface area contributed by atoms with Gasteiger partial charge in [-0.25, -0.2) is 4.39 Å². The molecule has 4 rings (SSSR count). The van der Waals surface area contributed by atoms with Crippen LogP contribution in [0.15, 0.2) is 65.5 Å². The van der Waals surface area contributed by atoms with Crippen molar-refractivity contribution in [3.05, 3.63) is 88.0 Å². The number of nitrogens with one attached hydrogen (secondary N) is 1. The van der Waals surface area contributed by atoms with Gasteiger partial charge in [0.15, 0.2) is 0 Å². The maximum absolute atomic E-state index is 13.2. The molecule has 1 aromatic heterocycles. The molecule has 0 aliphatic carbocycles. The van der Waals surface area contributed by atoms with Crippen molar-refractivity contribution in [1.29, 1.82) is 0 Å². The molecule has 160 valence electrons. The minimum absolute atomic E-state index is 0.0386. The van der Waals surface area contributed by atoms with E-state index in [1.165, 1.54) is 40.6 Å². The Morgan fingerprint density at radius 2 is 1.77 bits per heavy atom. The summed E-state index contributed by atoms with van der Waals surface area (Å²) in [5.41, 5.74) is 2.53. The predicted molar refractivity (Wildman–Crippen MR) is 118 cm³/mol. The number of halogens is 1. The van der Waals surface area contributed by atoms with Gasteiger partial charge in [-0.15, -0.1) is 5.10 Å². The van der Waals surface area contributed by atoms with Gasteiger partial charge in [0.25, 0.3) is 5.56 Å². The number of hydrogen-bond acceptors (Lipinski definition) is 4. The SMILES string of the molecule is Cc1ccccc1CNC(=O)C1CCN(c2ccc(=O)n(-c3ccc(F)cc3)n2)CC1. The van der Waals surface area contributed by atoms with Gasteiger partial charge in [0.1, 0.15) is 11.6 Å². The summed E-state index contributed by atoms with van der Waals surface area (Å²) in [5, 5.41) is 7.52. The molecule has 1 fully saturated rings. The van der Waals surface area contributed by atoms with Crippen molar-refractivity contribution in [2.75, 3.05) is 18.0 Å². The largest absolute Gasteiger partial charge is 0.355 e. The standard InChI is InChI=1S/C24H25FN4O2/c1-17-4-2-3-5-19(17)16-26-24(31)18-12-14-28(15-13-18)22-10-11-23(30)29(27-22)21-8-6-20(25)7-9-21/h2-11,18H,12-16H2,1H3,(H,26,31). The zero-order valence-corrected chi connectivity index (χ0v) is 17.4. The maximum atomic E-state index is 13.2. The molecule has 2 heterocycles. The average molecular weight is 420 g/mol. The Bertz CT molecular complexity index is 1120. The maximum Gasteiger partial charge on any atom is 0.271 e. The van der Waals surface area contributed by atoms with Crippen molar-refractivity contribution in [2.24, 2.45) is 5.92 Å². The molecule has 1 saturated heterocycles. The summed E-state index contributed by atoms with van der Waals surface area (Å²) >= 11 is 0. The highest BCUT2D eigenvalue weighted by atomic mass is 19.1. The first kappa shape index (κ1) is 20.8. The minimum Gasteiger partial charge on any atom is -0.355 e. The molecule has 1 aliphatic heterocycles. The Hall–Kier alpha value is -3.48. The third-order valence-corrected chi connectivity index (χ3v) is 5.76. The van der Waals surface area contributed by atoms with E-state index in [9.17, 15) is 14.0 Å². The second kappa shape index (κ2) is 9.12. The number of piperidine rings is 1. The molecule has 0 bridgehead atoms. The van der Waals surface area contributed by atoms with Crippen LogP contribution in [-0.2, 0) is 11.3 Å². The molecule has 6 nitrogen and oxygen atoms in total. The van der Waals surface area contributed by atoms with Crippen LogP contribution < -0.4 is 15.8 Å². The van der Waals surface area contributed by atoms with Crippen LogP contribution in [0, 0.1) is 18.7 Å². The lowest BCUT2D eigenvalue weighted by molar-refractivity contribution is -0.125. The highest BCUT2D eigenvalue weighted by Gasteiger charge is 2.26. The summed E-state index contributed by atoms with van der Waals surface area (Å²) < 4.78 is 14.5. The molecule has 7 heteroatoms. The molecule has 2 aromatic carbocycles. The molecule has 1 N–H and O–H groups in total. The quantitative estimate of drug-likeness (QED) is 0.688. The lowest BCUT2D eigenvalue weighted by Crippen LogP contribution is -2.41. The number of amides is 1. The Balaban J connectivity index is 1.38. The molecule has 0 unspecified atom stereocenters. The molecule has 1 amide bonds. The van der Waals surface area contributed by atoms with Crippen LogP contribution in [0.2, 0.25) is 0 Å². The fourth-order valence-electron chi connectivity index (χ4n) is 3.84. The predicted octanol–water partition coefficient (Wildman–Crippen LogP) is 3.21. The lowest BCUT2D eigenvalue weighted by atomic mass is 9.95. The second-order valence-corrected chi connectivity index (χ2v) is 7.82. The van der Waals surface area contributed by atoms with E-state index in [0.29, 0.717) is 31.1 Å². The number of carbonyl (C=O) groups is 1. The zero-order chi connectivity index (χ0) is 21.8. The van der Waals surface area contributed by atoms with Crippen LogP contribution in [0.1, 0.15) is 24.0 Å². The van der Waals surface area contributed by atoms with E-state index < -0.39 is 0 Å². The Labute approximate surface area is 180 Å². The van der Waals surface area contributed by atoms with E-state index in [4.69, 9.17) is 0 Å². The number of carbonyl (C=O) groups excluding carboxylic acids is 1. The lowest BCUT2D eigenvalue weighted by Gasteiger charge is -2.32. The van der Waals surface area contributed by atoms with E-state index in [-0.39, 0.29) is 23.2 Å². The van der Waals surface area contributed by atoms with Gasteiger partial charge in [0, 0.05) is 31.6 Å². The summed E-state index contributed by atoms with van der Waals surface area (Å²) in [5.74, 6) is 0.342. The van der Waals surface area contributed by atoms with Gasteiger partial charge >= 0.3 is 0 Å². The van der Waals surface area contributed by atoms with Crippen LogP contribution >= 0.6 is 0 Å². The minimum atomic E-state index is -0.365. The van der Waals surface area contributed by atoms with Gasteiger partial charge in [-0.2, -0.15) is 4.68 Å². The first-order valence-corrected chi connectivity index (χ1v) is 10.4. The number of nitrogens with zero attached hydrogens (tertiary/aromatic N) is 3. The Kier molecular flexibility index (Phi) is 6.11. The average Bonchev–Trinajstić information content (AvgIpc) is 2.79. The first-order valence-electron chi connectivity index (χ1n) is 10.4. The van der Waals surface area contributed by atoms with Crippen molar-refractivity contribution in [3.8, 4) is 5.69 Å². The van der Waals surface area contributed by atoms with E-state index >= 15 is 0 Å². The number of benzene rings is 2. The van der Waals surface area contributed by atoms with Crippen molar-refractivity contribution in [3.63, 3.8) is 0 Å². The summed E-state index contributed by atoms with van der Waals surface area (Å²) in [4.78, 5) is 26.9. The van der Waals surface area contributed by atoms with Crippen LogP contribution in [0.3, 0.4) is 0 Å². The van der Waals surface area contributed by atoms with Gasteiger partial charge in [0.05, 0.1) is 5.69 Å². The normalized spacial score (nSPS) is 14.5. The molecule has 0 radical (unpaired) electrons. The summed E-state index contributed by atoms with van der Waals surface area (Å²) in [6.07, 6.45) is 1.44. The second-order valence-electron chi connectivity index (χ2n) is 7.82. The number of anilines is 1. The van der Waals surface area contributed by atoms with Crippen molar-refractivity contribution in [2.45, 2.75) is 26.3 Å². The molecule has 0 saturated carbocycles. The van der Waals surface area contributed by atoms with Gasteiger partial charge in [-0.05, 0) is 61.2 Å². The molecular weight excluding hydrogens is 395 g/mol. The summed E-state index contributed by atoms with van der Waals surface area (Å²) in [6.45, 7) is 3.93. The van der Waals surface area contributed by atoms with E-state index in [0.717, 1.165) is 18.4 Å².